The maximum Gasteiger partial charge on any atom is 0.306 e. The summed E-state index contributed by atoms with van der Waals surface area (Å²) in [7, 11) is 0. The summed E-state index contributed by atoms with van der Waals surface area (Å²) in [5, 5.41) is 10.1. The second kappa shape index (κ2) is 12.4. The maximum absolute atomic E-state index is 11.8. The van der Waals surface area contributed by atoms with Crippen LogP contribution in [0.3, 0.4) is 0 Å². The second-order valence-corrected chi connectivity index (χ2v) is 8.53. The molecule has 154 valence electrons. The van der Waals surface area contributed by atoms with E-state index in [0.717, 1.165) is 38.5 Å². The summed E-state index contributed by atoms with van der Waals surface area (Å²) in [4.78, 5) is 11.8. The molecule has 27 heavy (non-hydrogen) atoms. The third-order valence-corrected chi connectivity index (χ3v) is 6.27. The molecule has 2 rings (SSSR count). The number of carbonyl (C=O) groups excluding carboxylic acids is 1. The van der Waals surface area contributed by atoms with Crippen LogP contribution in [0.1, 0.15) is 103 Å². The average Bonchev–Trinajstić information content (AvgIpc) is 2.69. The number of aliphatic hydroxyl groups excluding tert-OH is 1. The van der Waals surface area contributed by atoms with Crippen molar-refractivity contribution >= 4 is 5.97 Å². The predicted octanol–water partition coefficient (Wildman–Crippen LogP) is 6.26. The van der Waals surface area contributed by atoms with Crippen LogP contribution in [-0.4, -0.2) is 23.3 Å². The van der Waals surface area contributed by atoms with Crippen LogP contribution in [-0.2, 0) is 9.53 Å². The van der Waals surface area contributed by atoms with Gasteiger partial charge in [-0.3, -0.25) is 4.79 Å². The Balaban J connectivity index is 1.79. The van der Waals surface area contributed by atoms with Crippen molar-refractivity contribution in [2.45, 2.75) is 115 Å². The van der Waals surface area contributed by atoms with Gasteiger partial charge in [-0.2, -0.15) is 0 Å². The number of ether oxygens (including phenoxy) is 1. The van der Waals surface area contributed by atoms with E-state index in [0.29, 0.717) is 6.42 Å². The van der Waals surface area contributed by atoms with E-state index in [1.54, 1.807) is 0 Å². The van der Waals surface area contributed by atoms with Gasteiger partial charge < -0.3 is 9.84 Å². The van der Waals surface area contributed by atoms with E-state index in [1.165, 1.54) is 51.4 Å². The highest BCUT2D eigenvalue weighted by atomic mass is 16.5. The molecule has 1 N–H and O–H groups in total. The van der Waals surface area contributed by atoms with Crippen molar-refractivity contribution in [2.75, 3.05) is 0 Å². The lowest BCUT2D eigenvalue weighted by Gasteiger charge is -2.42. The average molecular weight is 377 g/mol. The van der Waals surface area contributed by atoms with Crippen molar-refractivity contribution in [2.24, 2.45) is 5.41 Å². The van der Waals surface area contributed by atoms with Crippen molar-refractivity contribution in [3.05, 3.63) is 24.3 Å². The first-order valence-corrected chi connectivity index (χ1v) is 11.4. The summed E-state index contributed by atoms with van der Waals surface area (Å²) in [6, 6.07) is 0. The van der Waals surface area contributed by atoms with Crippen LogP contribution in [0.5, 0.6) is 0 Å². The van der Waals surface area contributed by atoms with Gasteiger partial charge in [0.05, 0.1) is 6.10 Å². The van der Waals surface area contributed by atoms with Gasteiger partial charge >= 0.3 is 5.97 Å². The van der Waals surface area contributed by atoms with Crippen LogP contribution in [0, 0.1) is 5.41 Å². The zero-order chi connectivity index (χ0) is 19.4. The fourth-order valence-electron chi connectivity index (χ4n) is 4.59. The Kier molecular flexibility index (Phi) is 10.2. The topological polar surface area (TPSA) is 46.5 Å². The van der Waals surface area contributed by atoms with E-state index in [1.807, 2.05) is 12.2 Å². The molecule has 1 aliphatic carbocycles. The highest BCUT2D eigenvalue weighted by Gasteiger charge is 2.41. The van der Waals surface area contributed by atoms with Crippen molar-refractivity contribution in [3.8, 4) is 0 Å². The molecule has 0 bridgehead atoms. The summed E-state index contributed by atoms with van der Waals surface area (Å²) >= 11 is 0. The predicted molar refractivity (Wildman–Crippen MR) is 112 cm³/mol. The summed E-state index contributed by atoms with van der Waals surface area (Å²) < 4.78 is 5.74. The Labute approximate surface area is 166 Å². The molecule has 0 spiro atoms. The summed E-state index contributed by atoms with van der Waals surface area (Å²) in [6.07, 6.45) is 24.7. The quantitative estimate of drug-likeness (QED) is 0.263. The monoisotopic (exact) mass is 376 g/mol. The molecule has 3 heteroatoms. The van der Waals surface area contributed by atoms with Gasteiger partial charge in [0.2, 0.25) is 0 Å². The van der Waals surface area contributed by atoms with Crippen LogP contribution in [0.25, 0.3) is 0 Å². The molecule has 0 aromatic heterocycles. The fraction of sp³-hybridized carbons (Fsp3) is 0.792. The Morgan fingerprint density at radius 2 is 1.81 bits per heavy atom. The van der Waals surface area contributed by atoms with Crippen LogP contribution in [0.2, 0.25) is 0 Å². The SMILES string of the molecule is CCCCCCCCC(O)C=CC=CC1(C2CCCC(=O)O2)CCCCC1. The minimum atomic E-state index is -0.351. The van der Waals surface area contributed by atoms with Crippen molar-refractivity contribution < 1.29 is 14.6 Å². The van der Waals surface area contributed by atoms with Gasteiger partial charge in [0.15, 0.2) is 0 Å². The van der Waals surface area contributed by atoms with Gasteiger partial charge in [0.25, 0.3) is 0 Å². The molecule has 2 atom stereocenters. The smallest absolute Gasteiger partial charge is 0.306 e. The van der Waals surface area contributed by atoms with Crippen LogP contribution < -0.4 is 0 Å². The fourth-order valence-corrected chi connectivity index (χ4v) is 4.59. The Morgan fingerprint density at radius 3 is 2.56 bits per heavy atom. The number of aliphatic hydroxyl groups is 1. The highest BCUT2D eigenvalue weighted by Crippen LogP contribution is 2.44. The first kappa shape index (κ1) is 22.2. The molecule has 2 fully saturated rings. The van der Waals surface area contributed by atoms with Crippen molar-refractivity contribution in [1.82, 2.24) is 0 Å². The van der Waals surface area contributed by atoms with E-state index in [9.17, 15) is 9.90 Å². The number of unbranched alkanes of at least 4 members (excludes halogenated alkanes) is 5. The van der Waals surface area contributed by atoms with Gasteiger partial charge in [-0.25, -0.2) is 0 Å². The molecule has 0 aromatic carbocycles. The summed E-state index contributed by atoms with van der Waals surface area (Å²) in [6.45, 7) is 2.23. The number of allylic oxidation sites excluding steroid dienone is 2. The molecule has 0 amide bonds. The largest absolute Gasteiger partial charge is 0.461 e. The molecule has 2 aliphatic rings. The van der Waals surface area contributed by atoms with Gasteiger partial charge in [-0.15, -0.1) is 0 Å². The maximum atomic E-state index is 11.8. The van der Waals surface area contributed by atoms with Crippen LogP contribution >= 0.6 is 0 Å². The highest BCUT2D eigenvalue weighted by molar-refractivity contribution is 5.70. The Morgan fingerprint density at radius 1 is 1.07 bits per heavy atom. The summed E-state index contributed by atoms with van der Waals surface area (Å²) in [5.41, 5.74) is 0.00288. The van der Waals surface area contributed by atoms with E-state index >= 15 is 0 Å². The Bertz CT molecular complexity index is 474. The zero-order valence-corrected chi connectivity index (χ0v) is 17.3. The number of rotatable bonds is 11. The van der Waals surface area contributed by atoms with E-state index in [-0.39, 0.29) is 23.6 Å². The number of cyclic esters (lactones) is 1. The molecule has 1 heterocycles. The van der Waals surface area contributed by atoms with E-state index in [2.05, 4.69) is 19.1 Å². The van der Waals surface area contributed by atoms with Crippen LogP contribution in [0.15, 0.2) is 24.3 Å². The second-order valence-electron chi connectivity index (χ2n) is 8.53. The molecule has 1 saturated carbocycles. The number of carbonyl (C=O) groups is 1. The molecule has 0 radical (unpaired) electrons. The van der Waals surface area contributed by atoms with Crippen molar-refractivity contribution in [3.63, 3.8) is 0 Å². The number of esters is 1. The van der Waals surface area contributed by atoms with Gasteiger partial charge in [-0.05, 0) is 32.1 Å². The third-order valence-electron chi connectivity index (χ3n) is 6.27. The van der Waals surface area contributed by atoms with Crippen molar-refractivity contribution in [1.29, 1.82) is 0 Å². The molecule has 0 aromatic rings. The number of hydrogen-bond acceptors (Lipinski definition) is 3. The molecule has 1 aliphatic heterocycles. The summed E-state index contributed by atoms with van der Waals surface area (Å²) in [5.74, 6) is -0.0329. The normalized spacial score (nSPS) is 24.4. The van der Waals surface area contributed by atoms with E-state index < -0.39 is 0 Å². The Hall–Kier alpha value is -1.09. The third kappa shape index (κ3) is 7.81. The molecular formula is C24H40O3. The van der Waals surface area contributed by atoms with Gasteiger partial charge in [-0.1, -0.05) is 89.0 Å². The number of hydrogen-bond donors (Lipinski definition) is 1. The van der Waals surface area contributed by atoms with Gasteiger partial charge in [0.1, 0.15) is 6.10 Å². The minimum Gasteiger partial charge on any atom is -0.461 e. The lowest BCUT2D eigenvalue weighted by atomic mass is 9.68. The first-order chi connectivity index (χ1) is 13.2. The molecule has 1 saturated heterocycles. The molecule has 2 unspecified atom stereocenters. The van der Waals surface area contributed by atoms with Gasteiger partial charge in [0, 0.05) is 11.8 Å². The minimum absolute atomic E-state index is 0.00288. The van der Waals surface area contributed by atoms with E-state index in [4.69, 9.17) is 4.74 Å². The lowest BCUT2D eigenvalue weighted by molar-refractivity contribution is -0.161. The van der Waals surface area contributed by atoms with Crippen LogP contribution in [0.4, 0.5) is 0 Å². The first-order valence-electron chi connectivity index (χ1n) is 11.4. The molecule has 3 nitrogen and oxygen atoms in total. The zero-order valence-electron chi connectivity index (χ0n) is 17.3. The standard InChI is InChI=1S/C24H40O3/c1-2-3-4-5-6-8-14-21(25)15-9-12-20-24(18-10-7-11-19-24)22-16-13-17-23(26)27-22/h9,12,15,20-22,25H,2-8,10-11,13-14,16-19H2,1H3. The molecular weight excluding hydrogens is 336 g/mol. The lowest BCUT2D eigenvalue weighted by Crippen LogP contribution is -2.41.